The number of hydrogen-bond acceptors (Lipinski definition) is 0. The normalized spacial score (nSPS) is 7.57. The van der Waals surface area contributed by atoms with Crippen molar-refractivity contribution in [3.63, 3.8) is 0 Å². The lowest BCUT2D eigenvalue weighted by Crippen LogP contribution is -1.69. The first-order valence-corrected chi connectivity index (χ1v) is 2.91. The van der Waals surface area contributed by atoms with Gasteiger partial charge in [0.1, 0.15) is 7.85 Å². The Labute approximate surface area is 53.5 Å². The van der Waals surface area contributed by atoms with E-state index in [1.54, 1.807) is 0 Å². The summed E-state index contributed by atoms with van der Waals surface area (Å²) in [7, 11) is 2.23. The van der Waals surface area contributed by atoms with Gasteiger partial charge in [-0.2, -0.15) is 0 Å². The summed E-state index contributed by atoms with van der Waals surface area (Å²) in [5, 5.41) is 0. The molecule has 0 atom stereocenters. The van der Waals surface area contributed by atoms with Crippen LogP contribution in [0, 0.1) is 0 Å². The first-order valence-electron chi connectivity index (χ1n) is 2.91. The molecule has 0 aliphatic rings. The molecular formula is C5H14BCl. The molecule has 0 nitrogen and oxygen atoms in total. The molecule has 2 heteroatoms. The van der Waals surface area contributed by atoms with E-state index in [-0.39, 0.29) is 12.4 Å². The van der Waals surface area contributed by atoms with Crippen LogP contribution >= 0.6 is 12.4 Å². The zero-order valence-electron chi connectivity index (χ0n) is 5.24. The highest BCUT2D eigenvalue weighted by atomic mass is 35.5. The van der Waals surface area contributed by atoms with Gasteiger partial charge in [-0.3, -0.25) is 0 Å². The van der Waals surface area contributed by atoms with Gasteiger partial charge in [0.2, 0.25) is 0 Å². The molecular weight excluding hydrogens is 106 g/mol. The van der Waals surface area contributed by atoms with Gasteiger partial charge in [0.05, 0.1) is 0 Å². The molecule has 0 aliphatic heterocycles. The molecule has 0 aliphatic carbocycles. The molecule has 0 unspecified atom stereocenters. The monoisotopic (exact) mass is 120 g/mol. The zero-order chi connectivity index (χ0) is 4.83. The van der Waals surface area contributed by atoms with Crippen LogP contribution in [0.5, 0.6) is 0 Å². The number of halogens is 1. The van der Waals surface area contributed by atoms with E-state index >= 15 is 0 Å². The van der Waals surface area contributed by atoms with Crippen molar-refractivity contribution >= 4 is 20.3 Å². The standard InChI is InChI=1S/C5H13B.ClH/c1-2-3-4-5-6;/h2-6H2,1H3;1H. The van der Waals surface area contributed by atoms with Crippen molar-refractivity contribution < 1.29 is 0 Å². The Morgan fingerprint density at radius 2 is 1.86 bits per heavy atom. The quantitative estimate of drug-likeness (QED) is 0.392. The average molecular weight is 120 g/mol. The highest BCUT2D eigenvalue weighted by Gasteiger charge is 1.75. The van der Waals surface area contributed by atoms with Gasteiger partial charge in [-0.1, -0.05) is 32.5 Å². The maximum atomic E-state index is 2.23. The van der Waals surface area contributed by atoms with E-state index in [2.05, 4.69) is 14.8 Å². The van der Waals surface area contributed by atoms with Gasteiger partial charge in [0.25, 0.3) is 0 Å². The lowest BCUT2D eigenvalue weighted by Gasteiger charge is -1.86. The SMILES string of the molecule is BCCCCC.Cl. The first-order chi connectivity index (χ1) is 2.91. The topological polar surface area (TPSA) is 0 Å². The second-order valence-corrected chi connectivity index (χ2v) is 1.71. The molecule has 0 aromatic carbocycles. The minimum Gasteiger partial charge on any atom is -0.147 e. The van der Waals surface area contributed by atoms with Crippen molar-refractivity contribution in [3.8, 4) is 0 Å². The minimum absolute atomic E-state index is 0. The maximum absolute atomic E-state index is 2.23. The second kappa shape index (κ2) is 9.61. The molecule has 0 rings (SSSR count). The van der Waals surface area contributed by atoms with Crippen molar-refractivity contribution in [2.45, 2.75) is 32.5 Å². The number of hydrogen-bond donors (Lipinski definition) is 0. The molecule has 0 radical (unpaired) electrons. The van der Waals surface area contributed by atoms with Crippen LogP contribution in [0.15, 0.2) is 0 Å². The fourth-order valence-electron chi connectivity index (χ4n) is 0.500. The zero-order valence-corrected chi connectivity index (χ0v) is 6.05. The minimum atomic E-state index is 0. The number of unbranched alkanes of at least 4 members (excludes halogenated alkanes) is 2. The fraction of sp³-hybridized carbons (Fsp3) is 1.00. The highest BCUT2D eigenvalue weighted by molar-refractivity contribution is 6.08. The third kappa shape index (κ3) is 10.7. The lowest BCUT2D eigenvalue weighted by atomic mass is 10.00. The molecule has 7 heavy (non-hydrogen) atoms. The van der Waals surface area contributed by atoms with E-state index in [0.717, 1.165) is 0 Å². The largest absolute Gasteiger partial charge is 0.147 e. The molecule has 0 fully saturated rings. The summed E-state index contributed by atoms with van der Waals surface area (Å²) in [6, 6.07) is 0. The molecule has 0 aromatic heterocycles. The van der Waals surface area contributed by atoms with Crippen LogP contribution in [-0.2, 0) is 0 Å². The van der Waals surface area contributed by atoms with Gasteiger partial charge >= 0.3 is 0 Å². The summed E-state index contributed by atoms with van der Waals surface area (Å²) in [6.07, 6.45) is 5.54. The summed E-state index contributed by atoms with van der Waals surface area (Å²) in [6.45, 7) is 2.23. The third-order valence-electron chi connectivity index (χ3n) is 0.957. The summed E-state index contributed by atoms with van der Waals surface area (Å²) in [5.41, 5.74) is 0. The van der Waals surface area contributed by atoms with Gasteiger partial charge in [0.15, 0.2) is 0 Å². The van der Waals surface area contributed by atoms with Crippen molar-refractivity contribution in [2.24, 2.45) is 0 Å². The van der Waals surface area contributed by atoms with E-state index in [4.69, 9.17) is 0 Å². The van der Waals surface area contributed by atoms with E-state index in [1.165, 1.54) is 25.6 Å². The average Bonchev–Trinajstić information content (AvgIpc) is 1.61. The highest BCUT2D eigenvalue weighted by Crippen LogP contribution is 1.94. The Kier molecular flexibility index (Phi) is 14.2. The first kappa shape index (κ1) is 10.4. The third-order valence-corrected chi connectivity index (χ3v) is 0.957. The molecule has 0 spiro atoms. The van der Waals surface area contributed by atoms with Crippen molar-refractivity contribution in [1.82, 2.24) is 0 Å². The van der Waals surface area contributed by atoms with Gasteiger partial charge in [-0.25, -0.2) is 0 Å². The van der Waals surface area contributed by atoms with Crippen LogP contribution < -0.4 is 0 Å². The van der Waals surface area contributed by atoms with Crippen molar-refractivity contribution in [3.05, 3.63) is 0 Å². The van der Waals surface area contributed by atoms with Gasteiger partial charge in [0, 0.05) is 0 Å². The molecule has 0 saturated carbocycles. The van der Waals surface area contributed by atoms with Crippen molar-refractivity contribution in [2.75, 3.05) is 0 Å². The molecule has 0 bridgehead atoms. The Bertz CT molecular complexity index is 20.0. The summed E-state index contributed by atoms with van der Waals surface area (Å²) < 4.78 is 0. The number of rotatable bonds is 3. The molecule has 0 amide bonds. The van der Waals surface area contributed by atoms with E-state index in [1.807, 2.05) is 0 Å². The molecule has 0 heterocycles. The smallest absolute Gasteiger partial charge is 0.101 e. The molecule has 0 N–H and O–H groups in total. The van der Waals surface area contributed by atoms with E-state index in [9.17, 15) is 0 Å². The van der Waals surface area contributed by atoms with Crippen LogP contribution in [0.2, 0.25) is 6.32 Å². The van der Waals surface area contributed by atoms with Gasteiger partial charge < -0.3 is 0 Å². The predicted molar refractivity (Wildman–Crippen MR) is 40.1 cm³/mol. The van der Waals surface area contributed by atoms with E-state index < -0.39 is 0 Å². The van der Waals surface area contributed by atoms with Gasteiger partial charge in [-0.05, 0) is 0 Å². The Morgan fingerprint density at radius 1 is 1.29 bits per heavy atom. The lowest BCUT2D eigenvalue weighted by molar-refractivity contribution is 0.771. The Morgan fingerprint density at radius 3 is 2.00 bits per heavy atom. The van der Waals surface area contributed by atoms with Crippen LogP contribution in [-0.4, -0.2) is 7.85 Å². The van der Waals surface area contributed by atoms with Crippen LogP contribution in [0.4, 0.5) is 0 Å². The fourth-order valence-corrected chi connectivity index (χ4v) is 0.500. The predicted octanol–water partition coefficient (Wildman–Crippen LogP) is 1.65. The summed E-state index contributed by atoms with van der Waals surface area (Å²) in [4.78, 5) is 0. The van der Waals surface area contributed by atoms with Crippen LogP contribution in [0.1, 0.15) is 26.2 Å². The molecule has 0 saturated heterocycles. The second-order valence-electron chi connectivity index (χ2n) is 1.71. The van der Waals surface area contributed by atoms with Gasteiger partial charge in [-0.15, -0.1) is 12.4 Å². The summed E-state index contributed by atoms with van der Waals surface area (Å²) in [5.74, 6) is 0. The van der Waals surface area contributed by atoms with E-state index in [0.29, 0.717) is 0 Å². The Balaban J connectivity index is 0. The maximum Gasteiger partial charge on any atom is 0.101 e. The Hall–Kier alpha value is 0.355. The van der Waals surface area contributed by atoms with Crippen molar-refractivity contribution in [1.29, 1.82) is 0 Å². The van der Waals surface area contributed by atoms with Crippen LogP contribution in [0.3, 0.4) is 0 Å². The summed E-state index contributed by atoms with van der Waals surface area (Å²) >= 11 is 0. The molecule has 0 aromatic rings. The molecule has 44 valence electrons. The van der Waals surface area contributed by atoms with Crippen LogP contribution in [0.25, 0.3) is 0 Å².